The zero-order valence-corrected chi connectivity index (χ0v) is 10.7. The molecule has 1 unspecified atom stereocenters. The number of nitrogens with zero attached hydrogens (tertiary/aromatic N) is 1. The van der Waals surface area contributed by atoms with Crippen molar-refractivity contribution in [3.05, 3.63) is 10.6 Å². The molecule has 1 heterocycles. The van der Waals surface area contributed by atoms with Gasteiger partial charge in [-0.25, -0.2) is 9.78 Å². The predicted octanol–water partition coefficient (Wildman–Crippen LogP) is 0.500. The average Bonchev–Trinajstić information content (AvgIpc) is 2.71. The van der Waals surface area contributed by atoms with Crippen molar-refractivity contribution in [3.63, 3.8) is 0 Å². The lowest BCUT2D eigenvalue weighted by Gasteiger charge is -2.16. The standard InChI is InChI=1S/C11H10N2O5S/c1-4(14)12-11-13-6-3-2-5(8(16)10(17)18)7(15)9(6)19-11/h5H,2-3H2,1H3,(H,17,18)(H,12,13,14). The summed E-state index contributed by atoms with van der Waals surface area (Å²) in [7, 11) is 0. The molecular weight excluding hydrogens is 272 g/mol. The average molecular weight is 282 g/mol. The van der Waals surface area contributed by atoms with Crippen LogP contribution in [-0.4, -0.2) is 33.5 Å². The van der Waals surface area contributed by atoms with Crippen LogP contribution in [0.5, 0.6) is 0 Å². The fraction of sp³-hybridized carbons (Fsp3) is 0.364. The zero-order chi connectivity index (χ0) is 14.2. The Morgan fingerprint density at radius 3 is 2.68 bits per heavy atom. The number of carbonyl (C=O) groups excluding carboxylic acids is 3. The lowest BCUT2D eigenvalue weighted by atomic mass is 9.86. The van der Waals surface area contributed by atoms with Crippen molar-refractivity contribution in [2.24, 2.45) is 5.92 Å². The van der Waals surface area contributed by atoms with E-state index in [1.165, 1.54) is 6.92 Å². The van der Waals surface area contributed by atoms with Crippen LogP contribution in [0.25, 0.3) is 0 Å². The Balaban J connectivity index is 2.28. The second kappa shape index (κ2) is 4.88. The van der Waals surface area contributed by atoms with Gasteiger partial charge in [0.05, 0.1) is 16.5 Å². The van der Waals surface area contributed by atoms with Gasteiger partial charge in [-0.05, 0) is 12.8 Å². The number of nitrogens with one attached hydrogen (secondary N) is 1. The monoisotopic (exact) mass is 282 g/mol. The van der Waals surface area contributed by atoms with Gasteiger partial charge in [-0.2, -0.15) is 0 Å². The number of carbonyl (C=O) groups is 4. The first kappa shape index (κ1) is 13.3. The van der Waals surface area contributed by atoms with Crippen molar-refractivity contribution in [2.45, 2.75) is 19.8 Å². The van der Waals surface area contributed by atoms with Gasteiger partial charge in [-0.1, -0.05) is 11.3 Å². The predicted molar refractivity (Wildman–Crippen MR) is 65.2 cm³/mol. The van der Waals surface area contributed by atoms with E-state index in [1.807, 2.05) is 0 Å². The number of aryl methyl sites for hydroxylation is 1. The number of carboxylic acid groups (broad SMARTS) is 1. The number of anilines is 1. The fourth-order valence-corrected chi connectivity index (χ4v) is 2.94. The number of amides is 1. The Hall–Kier alpha value is -2.09. The highest BCUT2D eigenvalue weighted by molar-refractivity contribution is 7.17. The minimum atomic E-state index is -1.60. The molecule has 1 amide bonds. The van der Waals surface area contributed by atoms with E-state index in [0.29, 0.717) is 12.1 Å². The van der Waals surface area contributed by atoms with Crippen molar-refractivity contribution in [1.82, 2.24) is 4.98 Å². The van der Waals surface area contributed by atoms with E-state index in [-0.39, 0.29) is 22.3 Å². The third-order valence-corrected chi connectivity index (χ3v) is 3.75. The smallest absolute Gasteiger partial charge is 0.372 e. The normalized spacial score (nSPS) is 17.7. The molecule has 0 radical (unpaired) electrons. The van der Waals surface area contributed by atoms with E-state index in [0.717, 1.165) is 11.3 Å². The summed E-state index contributed by atoms with van der Waals surface area (Å²) in [5.74, 6) is -4.67. The Morgan fingerprint density at radius 1 is 1.42 bits per heavy atom. The molecular formula is C11H10N2O5S. The number of aliphatic carboxylic acids is 1. The van der Waals surface area contributed by atoms with E-state index in [2.05, 4.69) is 10.3 Å². The highest BCUT2D eigenvalue weighted by Crippen LogP contribution is 2.32. The van der Waals surface area contributed by atoms with Crippen LogP contribution in [0.15, 0.2) is 0 Å². The maximum atomic E-state index is 12.0. The van der Waals surface area contributed by atoms with Crippen molar-refractivity contribution >= 4 is 39.9 Å². The molecule has 0 aliphatic heterocycles. The number of aromatic nitrogens is 1. The summed E-state index contributed by atoms with van der Waals surface area (Å²) in [4.78, 5) is 49.3. The SMILES string of the molecule is CC(=O)Nc1nc2c(s1)C(=O)C(C(=O)C(=O)O)CC2. The zero-order valence-electron chi connectivity index (χ0n) is 9.93. The molecule has 0 aromatic carbocycles. The van der Waals surface area contributed by atoms with Crippen LogP contribution < -0.4 is 5.32 Å². The third-order valence-electron chi connectivity index (χ3n) is 2.72. The first-order chi connectivity index (χ1) is 8.90. The topological polar surface area (TPSA) is 113 Å². The fourth-order valence-electron chi connectivity index (χ4n) is 1.89. The Bertz CT molecular complexity index is 592. The molecule has 1 aliphatic carbocycles. The number of carboxylic acids is 1. The van der Waals surface area contributed by atoms with Crippen LogP contribution in [0.4, 0.5) is 5.13 Å². The third kappa shape index (κ3) is 2.53. The molecule has 2 N–H and O–H groups in total. The summed E-state index contributed by atoms with van der Waals surface area (Å²) in [6.07, 6.45) is 0.487. The number of hydrogen-bond acceptors (Lipinski definition) is 6. The molecule has 7 nitrogen and oxygen atoms in total. The summed E-state index contributed by atoms with van der Waals surface area (Å²) in [5.41, 5.74) is 0.508. The lowest BCUT2D eigenvalue weighted by molar-refractivity contribution is -0.150. The molecule has 1 atom stereocenters. The summed E-state index contributed by atoms with van der Waals surface area (Å²) >= 11 is 0.967. The first-order valence-electron chi connectivity index (χ1n) is 5.48. The molecule has 0 fully saturated rings. The summed E-state index contributed by atoms with van der Waals surface area (Å²) < 4.78 is 0. The maximum absolute atomic E-state index is 12.0. The van der Waals surface area contributed by atoms with E-state index in [1.54, 1.807) is 0 Å². The second-order valence-electron chi connectivity index (χ2n) is 4.10. The molecule has 0 spiro atoms. The molecule has 8 heteroatoms. The molecule has 1 aromatic rings. The van der Waals surface area contributed by atoms with E-state index >= 15 is 0 Å². The van der Waals surface area contributed by atoms with Crippen LogP contribution in [0.3, 0.4) is 0 Å². The van der Waals surface area contributed by atoms with Crippen LogP contribution in [-0.2, 0) is 20.8 Å². The summed E-state index contributed by atoms with van der Waals surface area (Å²) in [5, 5.41) is 11.4. The Labute approximate surface area is 111 Å². The van der Waals surface area contributed by atoms with Crippen LogP contribution in [0.2, 0.25) is 0 Å². The van der Waals surface area contributed by atoms with Gasteiger partial charge >= 0.3 is 5.97 Å². The van der Waals surface area contributed by atoms with Gasteiger partial charge in [0.25, 0.3) is 5.78 Å². The maximum Gasteiger partial charge on any atom is 0.372 e. The van der Waals surface area contributed by atoms with Crippen LogP contribution in [0.1, 0.15) is 28.7 Å². The highest BCUT2D eigenvalue weighted by Gasteiger charge is 2.38. The van der Waals surface area contributed by atoms with Crippen molar-refractivity contribution in [1.29, 1.82) is 0 Å². The molecule has 19 heavy (non-hydrogen) atoms. The molecule has 1 aliphatic rings. The van der Waals surface area contributed by atoms with Crippen LogP contribution in [0, 0.1) is 5.92 Å². The van der Waals surface area contributed by atoms with E-state index in [9.17, 15) is 19.2 Å². The molecule has 2 rings (SSSR count). The van der Waals surface area contributed by atoms with Gasteiger partial charge in [0.1, 0.15) is 0 Å². The molecule has 0 saturated heterocycles. The Kier molecular flexibility index (Phi) is 3.43. The number of thiazole rings is 1. The van der Waals surface area contributed by atoms with Gasteiger partial charge in [-0.15, -0.1) is 0 Å². The number of rotatable bonds is 3. The number of ketones is 2. The van der Waals surface area contributed by atoms with Gasteiger partial charge in [0.15, 0.2) is 10.9 Å². The van der Waals surface area contributed by atoms with Gasteiger partial charge < -0.3 is 10.4 Å². The Morgan fingerprint density at radius 2 is 2.11 bits per heavy atom. The first-order valence-corrected chi connectivity index (χ1v) is 6.30. The summed E-state index contributed by atoms with van der Waals surface area (Å²) in [6.45, 7) is 1.32. The quantitative estimate of drug-likeness (QED) is 0.616. The number of fused-ring (bicyclic) bond motifs is 1. The minimum absolute atomic E-state index is 0.139. The van der Waals surface area contributed by atoms with Crippen molar-refractivity contribution in [3.8, 4) is 0 Å². The van der Waals surface area contributed by atoms with Crippen molar-refractivity contribution in [2.75, 3.05) is 5.32 Å². The van der Waals surface area contributed by atoms with E-state index in [4.69, 9.17) is 5.11 Å². The molecule has 0 saturated carbocycles. The summed E-state index contributed by atoms with van der Waals surface area (Å²) in [6, 6.07) is 0. The lowest BCUT2D eigenvalue weighted by Crippen LogP contribution is -2.33. The van der Waals surface area contributed by atoms with Crippen molar-refractivity contribution < 1.29 is 24.3 Å². The minimum Gasteiger partial charge on any atom is -0.475 e. The van der Waals surface area contributed by atoms with Gasteiger partial charge in [0, 0.05) is 6.92 Å². The van der Waals surface area contributed by atoms with Gasteiger partial charge in [-0.3, -0.25) is 14.4 Å². The highest BCUT2D eigenvalue weighted by atomic mass is 32.1. The second-order valence-corrected chi connectivity index (χ2v) is 5.10. The number of hydrogen-bond donors (Lipinski definition) is 2. The van der Waals surface area contributed by atoms with Gasteiger partial charge in [0.2, 0.25) is 5.91 Å². The van der Waals surface area contributed by atoms with E-state index < -0.39 is 23.5 Å². The molecule has 1 aromatic heterocycles. The molecule has 0 bridgehead atoms. The largest absolute Gasteiger partial charge is 0.475 e. The number of Topliss-reactive ketones (excluding diaryl/α,β-unsaturated/α-hetero) is 2. The van der Waals surface area contributed by atoms with Crippen LogP contribution >= 0.6 is 11.3 Å². The molecule has 100 valence electrons.